The number of nitrogens with zero attached hydrogens (tertiary/aromatic N) is 4. The van der Waals surface area contributed by atoms with Crippen LogP contribution in [-0.4, -0.2) is 66.9 Å². The molecule has 5 aliphatic rings. The van der Waals surface area contributed by atoms with Crippen LogP contribution in [0.25, 0.3) is 0 Å². The quantitative estimate of drug-likeness (QED) is 0.557. The highest BCUT2D eigenvalue weighted by molar-refractivity contribution is 7.93. The molecule has 1 unspecified atom stereocenters. The molecule has 2 N–H and O–H groups in total. The van der Waals surface area contributed by atoms with Crippen molar-refractivity contribution in [1.82, 2.24) is 25.0 Å². The molecule has 3 saturated carbocycles. The van der Waals surface area contributed by atoms with Crippen LogP contribution in [0.2, 0.25) is 0 Å². The highest BCUT2D eigenvalue weighted by Gasteiger charge is 2.58. The van der Waals surface area contributed by atoms with Gasteiger partial charge in [-0.15, -0.1) is 0 Å². The van der Waals surface area contributed by atoms with Crippen LogP contribution in [0.5, 0.6) is 0 Å². The number of alkyl halides is 3. The molecule has 2 aliphatic heterocycles. The second-order valence-electron chi connectivity index (χ2n) is 12.6. The van der Waals surface area contributed by atoms with Gasteiger partial charge in [0.2, 0.25) is 0 Å². The van der Waals surface area contributed by atoms with Gasteiger partial charge in [0.15, 0.2) is 15.6 Å². The van der Waals surface area contributed by atoms with E-state index in [1.54, 1.807) is 12.1 Å². The number of halogens is 3. The van der Waals surface area contributed by atoms with E-state index >= 15 is 0 Å². The van der Waals surface area contributed by atoms with Crippen molar-refractivity contribution < 1.29 is 22.2 Å². The highest BCUT2D eigenvalue weighted by atomic mass is 32.2. The second kappa shape index (κ2) is 7.95. The summed E-state index contributed by atoms with van der Waals surface area (Å²) in [7, 11) is -4.81. The Labute approximate surface area is 219 Å². The van der Waals surface area contributed by atoms with E-state index in [0.717, 1.165) is 87.6 Å². The van der Waals surface area contributed by atoms with E-state index < -0.39 is 20.1 Å². The SMILES string of the molecule is N=S(=O)(c1ccc(CC2CC3(C2)CN(C(=O)N2CC4(CC(c5nc(C6CC6)n[nH]5)C4)C2)C3)cc1)C(F)(F)F. The standard InChI is InChI=1S/C26H31F3N6O2S/c27-26(28,29)38(30,37)20-5-1-16(2-6-20)7-17-8-24(9-17)12-34(13-24)23(36)35-14-25(15-35)10-19(11-25)22-31-21(32-33-22)18-3-4-18/h1-2,5-6,17-19,30H,3-4,7-15H2,(H,31,32,33). The molecule has 3 aliphatic carbocycles. The summed E-state index contributed by atoms with van der Waals surface area (Å²) in [5, 5.41) is 7.50. The number of aromatic nitrogens is 3. The summed E-state index contributed by atoms with van der Waals surface area (Å²) in [5.74, 6) is 3.40. The van der Waals surface area contributed by atoms with Crippen molar-refractivity contribution in [2.24, 2.45) is 16.7 Å². The molecule has 5 fully saturated rings. The molecule has 1 atom stereocenters. The molecule has 204 valence electrons. The normalized spacial score (nSPS) is 25.9. The Kier molecular flexibility index (Phi) is 5.11. The van der Waals surface area contributed by atoms with Crippen molar-refractivity contribution in [2.45, 2.75) is 67.2 Å². The van der Waals surface area contributed by atoms with Gasteiger partial charge in [-0.25, -0.2) is 18.8 Å². The topological polar surface area (TPSA) is 106 Å². The molecule has 0 radical (unpaired) electrons. The fourth-order valence-corrected chi connectivity index (χ4v) is 8.07. The summed E-state index contributed by atoms with van der Waals surface area (Å²) in [6, 6.07) is 5.57. The maximum Gasteiger partial charge on any atom is 0.483 e. The van der Waals surface area contributed by atoms with Crippen LogP contribution in [0.15, 0.2) is 29.2 Å². The molecule has 1 aromatic heterocycles. The third-order valence-electron chi connectivity index (χ3n) is 9.40. The number of hydrogen-bond acceptors (Lipinski definition) is 5. The van der Waals surface area contributed by atoms with Gasteiger partial charge in [-0.2, -0.15) is 18.3 Å². The number of nitrogens with one attached hydrogen (secondary N) is 2. The zero-order chi connectivity index (χ0) is 26.5. The average molecular weight is 549 g/mol. The Balaban J connectivity index is 0.842. The van der Waals surface area contributed by atoms with Crippen molar-refractivity contribution in [3.05, 3.63) is 41.5 Å². The number of likely N-dealkylation sites (tertiary alicyclic amines) is 2. The number of amides is 2. The van der Waals surface area contributed by atoms with E-state index in [0.29, 0.717) is 17.8 Å². The minimum Gasteiger partial charge on any atom is -0.323 e. The summed E-state index contributed by atoms with van der Waals surface area (Å²) in [6.07, 6.45) is 7.27. The molecule has 2 aromatic rings. The predicted octanol–water partition coefficient (Wildman–Crippen LogP) is 4.86. The summed E-state index contributed by atoms with van der Waals surface area (Å²) >= 11 is 0. The van der Waals surface area contributed by atoms with Gasteiger partial charge < -0.3 is 9.80 Å². The molecular weight excluding hydrogens is 517 g/mol. The third-order valence-corrected chi connectivity index (χ3v) is 11.0. The first kappa shape index (κ1) is 24.4. The lowest BCUT2D eigenvalue weighted by Crippen LogP contribution is -2.70. The predicted molar refractivity (Wildman–Crippen MR) is 132 cm³/mol. The van der Waals surface area contributed by atoms with Crippen molar-refractivity contribution in [3.8, 4) is 0 Å². The fraction of sp³-hybridized carbons (Fsp3) is 0.654. The molecule has 1 aromatic carbocycles. The van der Waals surface area contributed by atoms with Gasteiger partial charge in [0.25, 0.3) is 0 Å². The van der Waals surface area contributed by atoms with Crippen LogP contribution in [0.1, 0.15) is 67.6 Å². The van der Waals surface area contributed by atoms with Crippen LogP contribution in [0.3, 0.4) is 0 Å². The number of urea groups is 1. The lowest BCUT2D eigenvalue weighted by atomic mass is 9.56. The summed E-state index contributed by atoms with van der Waals surface area (Å²) in [6.45, 7) is 3.21. The molecule has 0 bridgehead atoms. The van der Waals surface area contributed by atoms with Crippen LogP contribution < -0.4 is 0 Å². The van der Waals surface area contributed by atoms with Gasteiger partial charge in [-0.1, -0.05) is 12.1 Å². The lowest BCUT2D eigenvalue weighted by Gasteiger charge is -2.63. The zero-order valence-corrected chi connectivity index (χ0v) is 21.8. The van der Waals surface area contributed by atoms with E-state index in [1.165, 1.54) is 12.8 Å². The number of hydrogen-bond donors (Lipinski definition) is 2. The Bertz CT molecular complexity index is 1360. The number of rotatable bonds is 5. The molecule has 3 heterocycles. The van der Waals surface area contributed by atoms with E-state index in [2.05, 4.69) is 10.2 Å². The van der Waals surface area contributed by atoms with Crippen LogP contribution in [0.4, 0.5) is 18.0 Å². The van der Waals surface area contributed by atoms with E-state index in [1.807, 2.05) is 9.80 Å². The Morgan fingerprint density at radius 3 is 2.13 bits per heavy atom. The maximum atomic E-state index is 13.0. The molecule has 2 saturated heterocycles. The molecular formula is C26H31F3N6O2S. The lowest BCUT2D eigenvalue weighted by molar-refractivity contribution is -0.100. The Hall–Kier alpha value is -2.63. The van der Waals surface area contributed by atoms with Crippen molar-refractivity contribution in [3.63, 3.8) is 0 Å². The molecule has 38 heavy (non-hydrogen) atoms. The number of benzene rings is 1. The van der Waals surface area contributed by atoms with Gasteiger partial charge >= 0.3 is 11.5 Å². The largest absolute Gasteiger partial charge is 0.483 e. The summed E-state index contributed by atoms with van der Waals surface area (Å²) in [4.78, 5) is 21.1. The summed E-state index contributed by atoms with van der Waals surface area (Å²) in [5.41, 5.74) is -3.75. The Morgan fingerprint density at radius 2 is 1.58 bits per heavy atom. The van der Waals surface area contributed by atoms with Crippen LogP contribution in [-0.2, 0) is 16.1 Å². The molecule has 12 heteroatoms. The van der Waals surface area contributed by atoms with E-state index in [4.69, 9.17) is 9.76 Å². The van der Waals surface area contributed by atoms with E-state index in [-0.39, 0.29) is 16.9 Å². The van der Waals surface area contributed by atoms with Crippen LogP contribution in [0, 0.1) is 21.5 Å². The zero-order valence-electron chi connectivity index (χ0n) is 21.0. The van der Waals surface area contributed by atoms with E-state index in [9.17, 15) is 22.2 Å². The van der Waals surface area contributed by atoms with Crippen molar-refractivity contribution in [2.75, 3.05) is 26.2 Å². The van der Waals surface area contributed by atoms with Crippen molar-refractivity contribution in [1.29, 1.82) is 4.78 Å². The first-order valence-electron chi connectivity index (χ1n) is 13.3. The minimum atomic E-state index is -5.07. The van der Waals surface area contributed by atoms with Crippen LogP contribution >= 0.6 is 0 Å². The number of carbonyl (C=O) groups is 1. The molecule has 2 amide bonds. The smallest absolute Gasteiger partial charge is 0.323 e. The Morgan fingerprint density at radius 1 is 1.00 bits per heavy atom. The highest BCUT2D eigenvalue weighted by Crippen LogP contribution is 2.57. The van der Waals surface area contributed by atoms with Gasteiger partial charge in [-0.05, 0) is 68.6 Å². The number of H-pyrrole nitrogens is 1. The van der Waals surface area contributed by atoms with Gasteiger partial charge in [-0.3, -0.25) is 5.10 Å². The first-order chi connectivity index (χ1) is 17.9. The van der Waals surface area contributed by atoms with Gasteiger partial charge in [0.1, 0.15) is 5.82 Å². The maximum absolute atomic E-state index is 13.0. The third kappa shape index (κ3) is 3.93. The first-order valence-corrected chi connectivity index (χ1v) is 14.9. The minimum absolute atomic E-state index is 0.142. The van der Waals surface area contributed by atoms with Gasteiger partial charge in [0, 0.05) is 48.8 Å². The fourth-order valence-electron chi connectivity index (χ4n) is 7.28. The summed E-state index contributed by atoms with van der Waals surface area (Å²) < 4.78 is 57.5. The monoisotopic (exact) mass is 548 g/mol. The molecule has 8 nitrogen and oxygen atoms in total. The number of carbonyl (C=O) groups excluding carboxylic acids is 1. The molecule has 7 rings (SSSR count). The number of aromatic amines is 1. The van der Waals surface area contributed by atoms with Crippen molar-refractivity contribution >= 4 is 15.8 Å². The second-order valence-corrected chi connectivity index (χ2v) is 14.6. The van der Waals surface area contributed by atoms with Gasteiger partial charge in [0.05, 0.1) is 4.90 Å². The molecule has 2 spiro atoms. The average Bonchev–Trinajstić information content (AvgIpc) is 3.49.